The van der Waals surface area contributed by atoms with Crippen molar-refractivity contribution in [2.24, 2.45) is 21.7 Å². The molecule has 5 nitrogen and oxygen atoms in total. The zero-order valence-corrected chi connectivity index (χ0v) is 3.70. The second-order valence-corrected chi connectivity index (χ2v) is 1.29. The van der Waals surface area contributed by atoms with Crippen LogP contribution in [0.2, 0.25) is 0 Å². The Labute approximate surface area is 40.8 Å². The molecule has 0 radical (unpaired) electrons. The van der Waals surface area contributed by atoms with Crippen LogP contribution in [0.25, 0.3) is 0 Å². The summed E-state index contributed by atoms with van der Waals surface area (Å²) in [7, 11) is 0. The summed E-state index contributed by atoms with van der Waals surface area (Å²) in [5.41, 5.74) is 10.3. The highest BCUT2D eigenvalue weighted by Gasteiger charge is 2.10. The lowest BCUT2D eigenvalue weighted by atomic mass is 10.8. The second kappa shape index (κ2) is 1.53. The zero-order chi connectivity index (χ0) is 5.28. The molecule has 1 aliphatic heterocycles. The van der Waals surface area contributed by atoms with E-state index in [9.17, 15) is 0 Å². The zero-order valence-electron chi connectivity index (χ0n) is 3.70. The first-order chi connectivity index (χ1) is 3.29. The van der Waals surface area contributed by atoms with E-state index in [0.29, 0.717) is 0 Å². The van der Waals surface area contributed by atoms with Crippen molar-refractivity contribution in [3.8, 4) is 0 Å². The van der Waals surface area contributed by atoms with Gasteiger partial charge in [-0.25, -0.2) is 5.32 Å². The van der Waals surface area contributed by atoms with E-state index in [1.54, 1.807) is 0 Å². The first-order valence-electron chi connectivity index (χ1n) is 1.96. The van der Waals surface area contributed by atoms with Gasteiger partial charge in [0.25, 0.3) is 0 Å². The number of hydrogen-bond acceptors (Lipinski definition) is 5. The van der Waals surface area contributed by atoms with Crippen LogP contribution in [0.15, 0.2) is 10.2 Å². The summed E-state index contributed by atoms with van der Waals surface area (Å²) in [5, 5.41) is 9.61. The van der Waals surface area contributed by atoms with Crippen molar-refractivity contribution in [3.63, 3.8) is 0 Å². The topological polar surface area (TPSA) is 88.8 Å². The van der Waals surface area contributed by atoms with Gasteiger partial charge in [-0.05, 0) is 0 Å². The van der Waals surface area contributed by atoms with E-state index < -0.39 is 12.6 Å². The van der Waals surface area contributed by atoms with Crippen molar-refractivity contribution >= 4 is 0 Å². The lowest BCUT2D eigenvalue weighted by Crippen LogP contribution is -2.41. The van der Waals surface area contributed by atoms with Crippen LogP contribution < -0.4 is 16.8 Å². The number of nitrogens with two attached hydrogens (primary N) is 2. The summed E-state index contributed by atoms with van der Waals surface area (Å²) in [6.45, 7) is 0. The molecule has 2 unspecified atom stereocenters. The Morgan fingerprint density at radius 3 is 1.71 bits per heavy atom. The van der Waals surface area contributed by atoms with Gasteiger partial charge in [0, 0.05) is 0 Å². The largest absolute Gasteiger partial charge is 0.296 e. The minimum atomic E-state index is -0.394. The van der Waals surface area contributed by atoms with Crippen LogP contribution in [0.5, 0.6) is 0 Å². The third kappa shape index (κ3) is 0.923. The number of nitrogens with one attached hydrogen (secondary N) is 1. The monoisotopic (exact) mass is 101 g/mol. The molecular formula is C2H7N5. The van der Waals surface area contributed by atoms with E-state index in [1.165, 1.54) is 0 Å². The van der Waals surface area contributed by atoms with Crippen molar-refractivity contribution in [3.05, 3.63) is 0 Å². The standard InChI is InChI=1S/C2H7N5/c3-1-5-2(4)7-6-1/h1-2,5H,3-4H2. The average molecular weight is 101 g/mol. The molecule has 0 aromatic carbocycles. The highest BCUT2D eigenvalue weighted by Crippen LogP contribution is 1.90. The van der Waals surface area contributed by atoms with Crippen LogP contribution in [0.1, 0.15) is 0 Å². The molecule has 0 spiro atoms. The van der Waals surface area contributed by atoms with Crippen LogP contribution in [-0.2, 0) is 0 Å². The fourth-order valence-electron chi connectivity index (χ4n) is 0.385. The molecule has 0 saturated heterocycles. The SMILES string of the molecule is NC1N=NC(N)N1. The predicted molar refractivity (Wildman–Crippen MR) is 23.9 cm³/mol. The molecule has 5 N–H and O–H groups in total. The fourth-order valence-corrected chi connectivity index (χ4v) is 0.385. The molecule has 0 aromatic heterocycles. The Bertz CT molecular complexity index is 78.1. The van der Waals surface area contributed by atoms with Gasteiger partial charge < -0.3 is 0 Å². The van der Waals surface area contributed by atoms with Gasteiger partial charge in [-0.15, -0.1) is 0 Å². The van der Waals surface area contributed by atoms with Crippen LogP contribution in [0.3, 0.4) is 0 Å². The van der Waals surface area contributed by atoms with Gasteiger partial charge in [0.05, 0.1) is 0 Å². The van der Waals surface area contributed by atoms with E-state index in [1.807, 2.05) is 0 Å². The van der Waals surface area contributed by atoms with Crippen molar-refractivity contribution in [2.45, 2.75) is 12.6 Å². The van der Waals surface area contributed by atoms with Gasteiger partial charge in [0.15, 0.2) is 12.6 Å². The maximum atomic E-state index is 5.17. The number of azo groups is 1. The lowest BCUT2D eigenvalue weighted by Gasteiger charge is -1.97. The third-order valence-electron chi connectivity index (χ3n) is 0.657. The molecule has 0 fully saturated rings. The fraction of sp³-hybridized carbons (Fsp3) is 1.00. The van der Waals surface area contributed by atoms with E-state index in [-0.39, 0.29) is 0 Å². The van der Waals surface area contributed by atoms with E-state index in [4.69, 9.17) is 11.5 Å². The molecular weight excluding hydrogens is 94.1 g/mol. The Morgan fingerprint density at radius 1 is 1.14 bits per heavy atom. The van der Waals surface area contributed by atoms with Crippen LogP contribution >= 0.6 is 0 Å². The molecule has 0 amide bonds. The van der Waals surface area contributed by atoms with Crippen molar-refractivity contribution in [1.82, 2.24) is 5.32 Å². The summed E-state index contributed by atoms with van der Waals surface area (Å²) < 4.78 is 0. The quantitative estimate of drug-likeness (QED) is 0.348. The molecule has 7 heavy (non-hydrogen) atoms. The van der Waals surface area contributed by atoms with Gasteiger partial charge in [0.1, 0.15) is 0 Å². The highest BCUT2D eigenvalue weighted by atomic mass is 15.5. The van der Waals surface area contributed by atoms with E-state index >= 15 is 0 Å². The predicted octanol–water partition coefficient (Wildman–Crippen LogP) is -1.47. The van der Waals surface area contributed by atoms with Gasteiger partial charge >= 0.3 is 0 Å². The Balaban J connectivity index is 2.42. The molecule has 5 heteroatoms. The van der Waals surface area contributed by atoms with Crippen molar-refractivity contribution < 1.29 is 0 Å². The number of rotatable bonds is 0. The maximum absolute atomic E-state index is 5.17. The van der Waals surface area contributed by atoms with Gasteiger partial charge in [-0.1, -0.05) is 0 Å². The average Bonchev–Trinajstić information content (AvgIpc) is 1.87. The number of nitrogens with zero attached hydrogens (tertiary/aromatic N) is 2. The molecule has 0 aliphatic carbocycles. The first-order valence-corrected chi connectivity index (χ1v) is 1.96. The Hall–Kier alpha value is -0.520. The molecule has 1 heterocycles. The summed E-state index contributed by atoms with van der Waals surface area (Å²) >= 11 is 0. The maximum Gasteiger partial charge on any atom is 0.174 e. The van der Waals surface area contributed by atoms with Crippen LogP contribution in [-0.4, -0.2) is 12.6 Å². The Morgan fingerprint density at radius 2 is 1.57 bits per heavy atom. The molecule has 40 valence electrons. The minimum Gasteiger partial charge on any atom is -0.296 e. The minimum absolute atomic E-state index is 0.394. The van der Waals surface area contributed by atoms with E-state index in [0.717, 1.165) is 0 Å². The van der Waals surface area contributed by atoms with Gasteiger partial charge in [-0.3, -0.25) is 11.5 Å². The molecule has 0 aromatic rings. The summed E-state index contributed by atoms with van der Waals surface area (Å²) in [6.07, 6.45) is -0.787. The van der Waals surface area contributed by atoms with Crippen molar-refractivity contribution in [1.29, 1.82) is 0 Å². The molecule has 2 atom stereocenters. The molecule has 0 saturated carbocycles. The Kier molecular flexibility index (Phi) is 1.01. The summed E-state index contributed by atoms with van der Waals surface area (Å²) in [6, 6.07) is 0. The van der Waals surface area contributed by atoms with Crippen LogP contribution in [0, 0.1) is 0 Å². The third-order valence-corrected chi connectivity index (χ3v) is 0.657. The molecule has 0 bridgehead atoms. The number of hydrogen-bond donors (Lipinski definition) is 3. The second-order valence-electron chi connectivity index (χ2n) is 1.29. The normalized spacial score (nSPS) is 39.7. The van der Waals surface area contributed by atoms with Gasteiger partial charge in [-0.2, -0.15) is 10.2 Å². The summed E-state index contributed by atoms with van der Waals surface area (Å²) in [4.78, 5) is 0. The lowest BCUT2D eigenvalue weighted by molar-refractivity contribution is 0.541. The smallest absolute Gasteiger partial charge is 0.174 e. The first kappa shape index (κ1) is 4.63. The molecule has 1 aliphatic rings. The molecule has 1 rings (SSSR count). The van der Waals surface area contributed by atoms with Crippen LogP contribution in [0.4, 0.5) is 0 Å². The van der Waals surface area contributed by atoms with E-state index in [2.05, 4.69) is 15.5 Å². The van der Waals surface area contributed by atoms with Crippen molar-refractivity contribution in [2.75, 3.05) is 0 Å². The van der Waals surface area contributed by atoms with Gasteiger partial charge in [0.2, 0.25) is 0 Å². The highest BCUT2D eigenvalue weighted by molar-refractivity contribution is 4.64. The summed E-state index contributed by atoms with van der Waals surface area (Å²) in [5.74, 6) is 0.